The normalized spacial score (nSPS) is 13.5. The summed E-state index contributed by atoms with van der Waals surface area (Å²) < 4.78 is 10.9. The highest BCUT2D eigenvalue weighted by molar-refractivity contribution is 7.99. The lowest BCUT2D eigenvalue weighted by Crippen LogP contribution is -2.44. The smallest absolute Gasteiger partial charge is 0.338 e. The van der Waals surface area contributed by atoms with E-state index in [1.54, 1.807) is 37.3 Å². The molecule has 0 bridgehead atoms. The Morgan fingerprint density at radius 2 is 1.45 bits per heavy atom. The van der Waals surface area contributed by atoms with Gasteiger partial charge in [0.15, 0.2) is 0 Å². The Kier molecular flexibility index (Phi) is 8.69. The molecule has 33 heavy (non-hydrogen) atoms. The highest BCUT2D eigenvalue weighted by Crippen LogP contribution is 2.25. The lowest BCUT2D eigenvalue weighted by Gasteiger charge is -2.27. The van der Waals surface area contributed by atoms with Crippen LogP contribution in [0.5, 0.6) is 0 Å². The molecule has 0 saturated carbocycles. The largest absolute Gasteiger partial charge is 0.462 e. The van der Waals surface area contributed by atoms with Crippen LogP contribution in [0.15, 0.2) is 89.8 Å². The van der Waals surface area contributed by atoms with E-state index in [1.807, 2.05) is 61.5 Å². The number of hydrogen-bond acceptors (Lipinski definition) is 6. The van der Waals surface area contributed by atoms with Gasteiger partial charge in [-0.05, 0) is 43.7 Å². The second kappa shape index (κ2) is 11.7. The predicted molar refractivity (Wildman–Crippen MR) is 129 cm³/mol. The summed E-state index contributed by atoms with van der Waals surface area (Å²) in [6.07, 6.45) is 0. The first-order valence-corrected chi connectivity index (χ1v) is 11.7. The molecule has 0 amide bonds. The van der Waals surface area contributed by atoms with Gasteiger partial charge in [-0.15, -0.1) is 11.8 Å². The van der Waals surface area contributed by atoms with Crippen molar-refractivity contribution in [2.24, 2.45) is 0 Å². The second-order valence-corrected chi connectivity index (χ2v) is 9.06. The third-order valence-electron chi connectivity index (χ3n) is 5.15. The van der Waals surface area contributed by atoms with Crippen LogP contribution >= 0.6 is 11.8 Å². The minimum atomic E-state index is -1.55. The highest BCUT2D eigenvalue weighted by atomic mass is 32.2. The van der Waals surface area contributed by atoms with Gasteiger partial charge in [-0.25, -0.2) is 4.79 Å². The monoisotopic (exact) mass is 464 g/mol. The van der Waals surface area contributed by atoms with E-state index < -0.39 is 23.5 Å². The zero-order valence-electron chi connectivity index (χ0n) is 18.8. The molecule has 5 nitrogen and oxygen atoms in total. The van der Waals surface area contributed by atoms with Gasteiger partial charge >= 0.3 is 11.9 Å². The first-order chi connectivity index (χ1) is 15.9. The molecule has 0 aliphatic carbocycles. The number of aryl methyl sites for hydroxylation is 1. The summed E-state index contributed by atoms with van der Waals surface area (Å²) in [5, 5.41) is 11.2. The van der Waals surface area contributed by atoms with Crippen molar-refractivity contribution >= 4 is 23.7 Å². The molecule has 3 aromatic carbocycles. The van der Waals surface area contributed by atoms with E-state index in [-0.39, 0.29) is 19.0 Å². The molecule has 0 spiro atoms. The van der Waals surface area contributed by atoms with E-state index in [2.05, 4.69) is 0 Å². The van der Waals surface area contributed by atoms with Gasteiger partial charge in [0.05, 0.1) is 11.5 Å². The summed E-state index contributed by atoms with van der Waals surface area (Å²) in [6, 6.07) is 25.8. The Labute approximate surface area is 198 Å². The Morgan fingerprint density at radius 3 is 2.09 bits per heavy atom. The lowest BCUT2D eigenvalue weighted by atomic mass is 10.0. The fourth-order valence-corrected chi connectivity index (χ4v) is 3.97. The molecule has 0 unspecified atom stereocenters. The zero-order valence-corrected chi connectivity index (χ0v) is 19.6. The molecule has 0 aromatic heterocycles. The molecule has 0 fully saturated rings. The number of ether oxygens (including phenoxy) is 2. The van der Waals surface area contributed by atoms with Crippen LogP contribution in [0.4, 0.5) is 0 Å². The molecule has 1 N–H and O–H groups in total. The SMILES string of the molecule is Cc1ccc(SC[C@@](O)(COC(=O)c2ccccc2)COC(=O)[C@@H](C)c2ccccc2)cc1. The van der Waals surface area contributed by atoms with E-state index in [4.69, 9.17) is 9.47 Å². The van der Waals surface area contributed by atoms with Gasteiger partial charge < -0.3 is 14.6 Å². The fourth-order valence-electron chi connectivity index (χ4n) is 3.04. The minimum absolute atomic E-state index is 0.186. The Hall–Kier alpha value is -3.09. The van der Waals surface area contributed by atoms with Crippen molar-refractivity contribution in [2.75, 3.05) is 19.0 Å². The van der Waals surface area contributed by atoms with Crippen molar-refractivity contribution in [1.29, 1.82) is 0 Å². The van der Waals surface area contributed by atoms with E-state index >= 15 is 0 Å². The standard InChI is InChI=1S/C27H28O5S/c1-20-13-15-24(16-14-20)33-19-27(30,18-32-26(29)23-11-7-4-8-12-23)17-31-25(28)21(2)22-9-5-3-6-10-22/h3-16,21,30H,17-19H2,1-2H3/t21-,27-/m0/s1. The number of hydrogen-bond donors (Lipinski definition) is 1. The van der Waals surface area contributed by atoms with Crippen molar-refractivity contribution in [3.8, 4) is 0 Å². The van der Waals surface area contributed by atoms with Crippen LogP contribution in [-0.2, 0) is 14.3 Å². The van der Waals surface area contributed by atoms with E-state index in [0.717, 1.165) is 16.0 Å². The molecule has 6 heteroatoms. The van der Waals surface area contributed by atoms with Gasteiger partial charge in [-0.3, -0.25) is 4.79 Å². The maximum atomic E-state index is 12.6. The van der Waals surface area contributed by atoms with Crippen molar-refractivity contribution in [3.05, 3.63) is 102 Å². The van der Waals surface area contributed by atoms with Gasteiger partial charge in [-0.2, -0.15) is 0 Å². The maximum absolute atomic E-state index is 12.6. The summed E-state index contributed by atoms with van der Waals surface area (Å²) in [5.74, 6) is -1.29. The molecule has 2 atom stereocenters. The van der Waals surface area contributed by atoms with Crippen LogP contribution in [0.1, 0.15) is 34.3 Å². The van der Waals surface area contributed by atoms with Crippen LogP contribution in [0.3, 0.4) is 0 Å². The molecule has 0 heterocycles. The van der Waals surface area contributed by atoms with Gasteiger partial charge in [-0.1, -0.05) is 66.2 Å². The topological polar surface area (TPSA) is 72.8 Å². The van der Waals surface area contributed by atoms with E-state index in [9.17, 15) is 14.7 Å². The molecule has 0 aliphatic heterocycles. The number of carbonyl (C=O) groups is 2. The Bertz CT molecular complexity index is 1040. The Morgan fingerprint density at radius 1 is 0.879 bits per heavy atom. The predicted octanol–water partition coefficient (Wildman–Crippen LogP) is 5.02. The second-order valence-electron chi connectivity index (χ2n) is 8.01. The van der Waals surface area contributed by atoms with Crippen LogP contribution in [0.25, 0.3) is 0 Å². The first-order valence-electron chi connectivity index (χ1n) is 10.7. The number of rotatable bonds is 10. The van der Waals surface area contributed by atoms with Gasteiger partial charge in [0, 0.05) is 10.6 Å². The summed E-state index contributed by atoms with van der Waals surface area (Å²) in [7, 11) is 0. The van der Waals surface area contributed by atoms with E-state index in [1.165, 1.54) is 11.8 Å². The number of carbonyl (C=O) groups excluding carboxylic acids is 2. The molecule has 172 valence electrons. The van der Waals surface area contributed by atoms with Gasteiger partial charge in [0.1, 0.15) is 18.8 Å². The van der Waals surface area contributed by atoms with Crippen LogP contribution < -0.4 is 0 Å². The molecule has 3 aromatic rings. The first kappa shape index (κ1) is 24.6. The summed E-state index contributed by atoms with van der Waals surface area (Å²) in [5.41, 5.74) is 0.804. The molecule has 0 radical (unpaired) electrons. The minimum Gasteiger partial charge on any atom is -0.462 e. The summed E-state index contributed by atoms with van der Waals surface area (Å²) in [6.45, 7) is 3.17. The molecule has 0 saturated heterocycles. The van der Waals surface area contributed by atoms with Gasteiger partial charge in [0.2, 0.25) is 0 Å². The molecular formula is C27H28O5S. The van der Waals surface area contributed by atoms with Crippen LogP contribution in [-0.4, -0.2) is 41.6 Å². The summed E-state index contributed by atoms with van der Waals surface area (Å²) in [4.78, 5) is 26.0. The highest BCUT2D eigenvalue weighted by Gasteiger charge is 2.32. The molecule has 3 rings (SSSR count). The van der Waals surface area contributed by atoms with Crippen molar-refractivity contribution in [2.45, 2.75) is 30.3 Å². The average Bonchev–Trinajstić information content (AvgIpc) is 2.86. The number of aliphatic hydroxyl groups is 1. The number of esters is 2. The molecule has 0 aliphatic rings. The van der Waals surface area contributed by atoms with Gasteiger partial charge in [0.25, 0.3) is 0 Å². The van der Waals surface area contributed by atoms with Crippen LogP contribution in [0.2, 0.25) is 0 Å². The third kappa shape index (κ3) is 7.48. The molecular weight excluding hydrogens is 436 g/mol. The van der Waals surface area contributed by atoms with Crippen molar-refractivity contribution < 1.29 is 24.2 Å². The fraction of sp³-hybridized carbons (Fsp3) is 0.259. The zero-order chi connectivity index (χ0) is 23.7. The maximum Gasteiger partial charge on any atom is 0.338 e. The third-order valence-corrected chi connectivity index (χ3v) is 6.43. The van der Waals surface area contributed by atoms with E-state index in [0.29, 0.717) is 5.56 Å². The summed E-state index contributed by atoms with van der Waals surface area (Å²) >= 11 is 1.41. The lowest BCUT2D eigenvalue weighted by molar-refractivity contribution is -0.153. The quantitative estimate of drug-likeness (QED) is 0.335. The Balaban J connectivity index is 1.66. The van der Waals surface area contributed by atoms with Crippen molar-refractivity contribution in [3.63, 3.8) is 0 Å². The van der Waals surface area contributed by atoms with Crippen molar-refractivity contribution in [1.82, 2.24) is 0 Å². The van der Waals surface area contributed by atoms with Crippen LogP contribution in [0, 0.1) is 6.92 Å². The number of thioether (sulfide) groups is 1. The average molecular weight is 465 g/mol. The number of benzene rings is 3.